The number of amides is 1. The molecule has 0 radical (unpaired) electrons. The molecule has 1 aliphatic heterocycles. The van der Waals surface area contributed by atoms with Gasteiger partial charge >= 0.3 is 0 Å². The molecule has 0 unspecified atom stereocenters. The standard InChI is InChI=1S/C17H23N7O2/c1-18-17(20-9-13-5-4-6-19-16(13)26-3)23-7-8-24(15(25)12-23)14-10-21-22(2)11-14/h4-6,10-11H,7-9,12H2,1-3H3,(H,18,20). The van der Waals surface area contributed by atoms with E-state index in [9.17, 15) is 4.79 Å². The number of ether oxygens (including phenoxy) is 1. The van der Waals surface area contributed by atoms with Crippen LogP contribution >= 0.6 is 0 Å². The number of piperazine rings is 1. The molecule has 0 atom stereocenters. The number of guanidine groups is 1. The van der Waals surface area contributed by atoms with Gasteiger partial charge < -0.3 is 19.9 Å². The Morgan fingerprint density at radius 1 is 1.42 bits per heavy atom. The monoisotopic (exact) mass is 357 g/mol. The van der Waals surface area contributed by atoms with Crippen LogP contribution in [0.25, 0.3) is 0 Å². The molecule has 1 aliphatic rings. The number of nitrogens with one attached hydrogen (secondary N) is 1. The van der Waals surface area contributed by atoms with E-state index < -0.39 is 0 Å². The van der Waals surface area contributed by atoms with Crippen molar-refractivity contribution in [2.75, 3.05) is 38.7 Å². The van der Waals surface area contributed by atoms with Crippen molar-refractivity contribution in [2.24, 2.45) is 12.0 Å². The van der Waals surface area contributed by atoms with Crippen LogP contribution < -0.4 is 15.0 Å². The minimum atomic E-state index is 0.0196. The highest BCUT2D eigenvalue weighted by molar-refractivity contribution is 5.98. The van der Waals surface area contributed by atoms with Crippen LogP contribution in [-0.2, 0) is 18.4 Å². The van der Waals surface area contributed by atoms with Gasteiger partial charge in [0.2, 0.25) is 11.8 Å². The largest absolute Gasteiger partial charge is 0.481 e. The van der Waals surface area contributed by atoms with Gasteiger partial charge in [0.05, 0.1) is 19.0 Å². The summed E-state index contributed by atoms with van der Waals surface area (Å²) in [5.74, 6) is 1.27. The third kappa shape index (κ3) is 3.76. The minimum Gasteiger partial charge on any atom is -0.481 e. The molecular weight excluding hydrogens is 334 g/mol. The first-order chi connectivity index (χ1) is 12.6. The maximum absolute atomic E-state index is 12.5. The summed E-state index contributed by atoms with van der Waals surface area (Å²) in [6.07, 6.45) is 5.23. The first-order valence-corrected chi connectivity index (χ1v) is 8.35. The lowest BCUT2D eigenvalue weighted by Crippen LogP contribution is -2.55. The summed E-state index contributed by atoms with van der Waals surface area (Å²) in [6.45, 7) is 2.05. The molecule has 1 saturated heterocycles. The zero-order chi connectivity index (χ0) is 18.5. The molecule has 0 saturated carbocycles. The quantitative estimate of drug-likeness (QED) is 0.623. The summed E-state index contributed by atoms with van der Waals surface area (Å²) in [4.78, 5) is 24.7. The van der Waals surface area contributed by atoms with E-state index in [1.165, 1.54) is 0 Å². The Hall–Kier alpha value is -3.10. The van der Waals surface area contributed by atoms with E-state index >= 15 is 0 Å². The summed E-state index contributed by atoms with van der Waals surface area (Å²) in [6, 6.07) is 3.80. The third-order valence-electron chi connectivity index (χ3n) is 4.22. The van der Waals surface area contributed by atoms with Crippen LogP contribution in [0.2, 0.25) is 0 Å². The summed E-state index contributed by atoms with van der Waals surface area (Å²) in [5, 5.41) is 7.41. The smallest absolute Gasteiger partial charge is 0.246 e. The number of anilines is 1. The zero-order valence-corrected chi connectivity index (χ0v) is 15.2. The van der Waals surface area contributed by atoms with Gasteiger partial charge in [-0.3, -0.25) is 14.5 Å². The number of hydrogen-bond acceptors (Lipinski definition) is 5. The average molecular weight is 357 g/mol. The predicted molar refractivity (Wildman–Crippen MR) is 98.1 cm³/mol. The van der Waals surface area contributed by atoms with Crippen molar-refractivity contribution < 1.29 is 9.53 Å². The topological polar surface area (TPSA) is 87.9 Å². The van der Waals surface area contributed by atoms with Crippen LogP contribution in [0.1, 0.15) is 5.56 Å². The number of aliphatic imine (C=N–C) groups is 1. The van der Waals surface area contributed by atoms with E-state index in [0.29, 0.717) is 31.5 Å². The fourth-order valence-electron chi connectivity index (χ4n) is 2.92. The van der Waals surface area contributed by atoms with Gasteiger partial charge in [-0.05, 0) is 6.07 Å². The van der Waals surface area contributed by atoms with Crippen molar-refractivity contribution in [3.63, 3.8) is 0 Å². The molecule has 26 heavy (non-hydrogen) atoms. The number of methoxy groups -OCH3 is 1. The van der Waals surface area contributed by atoms with Crippen molar-refractivity contribution in [3.8, 4) is 5.88 Å². The lowest BCUT2D eigenvalue weighted by atomic mass is 10.2. The first-order valence-electron chi connectivity index (χ1n) is 8.35. The molecule has 2 aromatic rings. The highest BCUT2D eigenvalue weighted by Gasteiger charge is 2.27. The molecule has 0 spiro atoms. The second kappa shape index (κ2) is 7.85. The molecule has 9 heteroatoms. The van der Waals surface area contributed by atoms with Gasteiger partial charge in [0.15, 0.2) is 5.96 Å². The van der Waals surface area contributed by atoms with E-state index in [2.05, 4.69) is 20.4 Å². The van der Waals surface area contributed by atoms with Gasteiger partial charge in [0.25, 0.3) is 0 Å². The first kappa shape index (κ1) is 17.7. The lowest BCUT2D eigenvalue weighted by molar-refractivity contribution is -0.120. The SMILES string of the molecule is CN=C(NCc1cccnc1OC)N1CCN(c2cnn(C)c2)C(=O)C1. The van der Waals surface area contributed by atoms with Crippen LogP contribution in [0.15, 0.2) is 35.7 Å². The van der Waals surface area contributed by atoms with Crippen LogP contribution in [0.5, 0.6) is 5.88 Å². The molecule has 3 rings (SSSR count). The van der Waals surface area contributed by atoms with Gasteiger partial charge in [0, 0.05) is 51.7 Å². The second-order valence-electron chi connectivity index (χ2n) is 5.91. The summed E-state index contributed by atoms with van der Waals surface area (Å²) >= 11 is 0. The summed E-state index contributed by atoms with van der Waals surface area (Å²) in [5.41, 5.74) is 1.75. The van der Waals surface area contributed by atoms with Gasteiger partial charge in [-0.1, -0.05) is 6.07 Å². The molecule has 3 heterocycles. The lowest BCUT2D eigenvalue weighted by Gasteiger charge is -2.35. The molecule has 138 valence electrons. The number of rotatable bonds is 4. The minimum absolute atomic E-state index is 0.0196. The molecule has 2 aromatic heterocycles. The summed E-state index contributed by atoms with van der Waals surface area (Å²) < 4.78 is 6.96. The van der Waals surface area contributed by atoms with E-state index in [1.54, 1.807) is 36.1 Å². The van der Waals surface area contributed by atoms with E-state index in [-0.39, 0.29) is 12.5 Å². The Balaban J connectivity index is 1.62. The number of aryl methyl sites for hydroxylation is 1. The predicted octanol–water partition coefficient (Wildman–Crippen LogP) is 0.248. The number of carbonyl (C=O) groups excluding carboxylic acids is 1. The second-order valence-corrected chi connectivity index (χ2v) is 5.91. The molecule has 0 aromatic carbocycles. The van der Waals surface area contributed by atoms with Crippen molar-refractivity contribution in [3.05, 3.63) is 36.3 Å². The number of pyridine rings is 1. The molecule has 1 N–H and O–H groups in total. The molecule has 0 bridgehead atoms. The average Bonchev–Trinajstić information content (AvgIpc) is 3.08. The highest BCUT2D eigenvalue weighted by atomic mass is 16.5. The molecule has 0 aliphatic carbocycles. The third-order valence-corrected chi connectivity index (χ3v) is 4.22. The molecule has 9 nitrogen and oxygen atoms in total. The van der Waals surface area contributed by atoms with Crippen molar-refractivity contribution in [2.45, 2.75) is 6.54 Å². The Labute approximate surface area is 152 Å². The van der Waals surface area contributed by atoms with Gasteiger partial charge in [0.1, 0.15) is 6.54 Å². The molecule has 1 amide bonds. The Morgan fingerprint density at radius 3 is 2.92 bits per heavy atom. The molecular formula is C17H23N7O2. The van der Waals surface area contributed by atoms with Crippen LogP contribution in [0, 0.1) is 0 Å². The fourth-order valence-corrected chi connectivity index (χ4v) is 2.92. The number of aromatic nitrogens is 3. The van der Waals surface area contributed by atoms with E-state index in [0.717, 1.165) is 11.3 Å². The maximum atomic E-state index is 12.5. The van der Waals surface area contributed by atoms with E-state index in [1.807, 2.05) is 30.3 Å². The Morgan fingerprint density at radius 2 is 2.27 bits per heavy atom. The number of nitrogens with zero attached hydrogens (tertiary/aromatic N) is 6. The van der Waals surface area contributed by atoms with Crippen molar-refractivity contribution in [1.29, 1.82) is 0 Å². The van der Waals surface area contributed by atoms with E-state index in [4.69, 9.17) is 4.74 Å². The van der Waals surface area contributed by atoms with Crippen molar-refractivity contribution in [1.82, 2.24) is 25.0 Å². The zero-order valence-electron chi connectivity index (χ0n) is 15.2. The summed E-state index contributed by atoms with van der Waals surface area (Å²) in [7, 11) is 5.14. The molecule has 1 fully saturated rings. The number of hydrogen-bond donors (Lipinski definition) is 1. The Kier molecular flexibility index (Phi) is 5.35. The van der Waals surface area contributed by atoms with Gasteiger partial charge in [-0.15, -0.1) is 0 Å². The van der Waals surface area contributed by atoms with Crippen LogP contribution in [-0.4, -0.2) is 65.3 Å². The maximum Gasteiger partial charge on any atom is 0.246 e. The highest BCUT2D eigenvalue weighted by Crippen LogP contribution is 2.17. The number of carbonyl (C=O) groups is 1. The van der Waals surface area contributed by atoms with Gasteiger partial charge in [-0.2, -0.15) is 5.10 Å². The van der Waals surface area contributed by atoms with Crippen molar-refractivity contribution >= 4 is 17.6 Å². The fraction of sp³-hybridized carbons (Fsp3) is 0.412. The van der Waals surface area contributed by atoms with Crippen LogP contribution in [0.4, 0.5) is 5.69 Å². The normalized spacial score (nSPS) is 15.3. The van der Waals surface area contributed by atoms with Crippen LogP contribution in [0.3, 0.4) is 0 Å². The van der Waals surface area contributed by atoms with Gasteiger partial charge in [-0.25, -0.2) is 4.98 Å². The Bertz CT molecular complexity index is 802.